The number of rotatable bonds is 7. The van der Waals surface area contributed by atoms with Crippen molar-refractivity contribution >= 4 is 35.8 Å². The number of hydrogen-bond acceptors (Lipinski definition) is 14. The monoisotopic (exact) mass is 438 g/mol. The Balaban J connectivity index is 2.87. The van der Waals surface area contributed by atoms with Gasteiger partial charge in [-0.05, 0) is 0 Å². The molecule has 1 saturated heterocycles. The minimum absolute atomic E-state index is 0.240. The molecule has 1 aliphatic heterocycles. The van der Waals surface area contributed by atoms with E-state index in [1.54, 1.807) is 0 Å². The van der Waals surface area contributed by atoms with Gasteiger partial charge in [0.05, 0.1) is 13.1 Å². The third kappa shape index (κ3) is 8.78. The van der Waals surface area contributed by atoms with Gasteiger partial charge in [-0.1, -0.05) is 0 Å². The second kappa shape index (κ2) is 11.6. The van der Waals surface area contributed by atoms with E-state index in [0.29, 0.717) is 0 Å². The lowest BCUT2D eigenvalue weighted by Crippen LogP contribution is -2.44. The minimum atomic E-state index is -2.51. The van der Waals surface area contributed by atoms with E-state index in [2.05, 4.69) is 19.6 Å². The summed E-state index contributed by atoms with van der Waals surface area (Å²) in [6, 6.07) is 0. The van der Waals surface area contributed by atoms with Gasteiger partial charge < -0.3 is 20.4 Å². The number of aliphatic hydroxyl groups is 2. The van der Waals surface area contributed by atoms with E-state index >= 15 is 0 Å². The molecule has 0 bridgehead atoms. The van der Waals surface area contributed by atoms with Crippen molar-refractivity contribution in [3.63, 3.8) is 0 Å². The Morgan fingerprint density at radius 3 is 1.60 bits per heavy atom. The van der Waals surface area contributed by atoms with Gasteiger partial charge in [0.15, 0.2) is 12.2 Å². The van der Waals surface area contributed by atoms with E-state index in [4.69, 9.17) is 10.2 Å². The molecule has 30 heavy (non-hydrogen) atoms. The fourth-order valence-corrected chi connectivity index (χ4v) is 2.04. The molecule has 0 aliphatic carbocycles. The van der Waals surface area contributed by atoms with Crippen molar-refractivity contribution in [3.8, 4) is 0 Å². The summed E-state index contributed by atoms with van der Waals surface area (Å²) in [4.78, 5) is 86.2. The van der Waals surface area contributed by atoms with E-state index in [1.165, 1.54) is 0 Å². The summed E-state index contributed by atoms with van der Waals surface area (Å²) in [7, 11) is 0. The van der Waals surface area contributed by atoms with Crippen molar-refractivity contribution in [3.05, 3.63) is 0 Å². The zero-order valence-corrected chi connectivity index (χ0v) is 15.2. The molecule has 0 saturated carbocycles. The number of aliphatic hydroxyl groups excluding tert-OH is 2. The van der Waals surface area contributed by atoms with Crippen molar-refractivity contribution in [1.29, 1.82) is 0 Å². The van der Waals surface area contributed by atoms with E-state index in [1.807, 2.05) is 0 Å². The van der Waals surface area contributed by atoms with Crippen LogP contribution < -0.4 is 0 Å². The predicted molar refractivity (Wildman–Crippen MR) is 84.5 cm³/mol. The second-order valence-electron chi connectivity index (χ2n) is 5.81. The lowest BCUT2D eigenvalue weighted by atomic mass is 10.2. The van der Waals surface area contributed by atoms with Crippen molar-refractivity contribution in [2.45, 2.75) is 12.2 Å². The molecule has 2 unspecified atom stereocenters. The molecule has 0 aromatic heterocycles. The molecule has 0 aromatic carbocycles. The lowest BCUT2D eigenvalue weighted by molar-refractivity contribution is -0.273. The molecule has 0 aromatic rings. The standard InChI is InChI=1S/C14H18N2O14/c17-7(18)3-15(4-8(19)20)1-2-16-5-9(21)27-29-13(25)11(23)12(24)14(26)30-28-10(22)6-16/h11-12,23-24H,1-6H2,(H,17,18)(H,19,20). The summed E-state index contributed by atoms with van der Waals surface area (Å²) in [6.45, 7) is -3.28. The first kappa shape index (κ1) is 24.7. The number of carbonyl (C=O) groups excluding carboxylic acids is 4. The van der Waals surface area contributed by atoms with Crippen LogP contribution in [0.5, 0.6) is 0 Å². The average Bonchev–Trinajstić information content (AvgIpc) is 2.65. The molecule has 0 amide bonds. The molecule has 0 radical (unpaired) electrons. The van der Waals surface area contributed by atoms with Gasteiger partial charge in [0.25, 0.3) is 0 Å². The number of carboxylic acids is 2. The van der Waals surface area contributed by atoms with E-state index in [-0.39, 0.29) is 13.1 Å². The molecule has 168 valence electrons. The Labute approximate surface area is 166 Å². The molecule has 1 heterocycles. The number of carboxylic acid groups (broad SMARTS) is 2. The zero-order chi connectivity index (χ0) is 22.8. The van der Waals surface area contributed by atoms with Crippen LogP contribution in [-0.2, 0) is 48.3 Å². The topological polar surface area (TPSA) is 227 Å². The minimum Gasteiger partial charge on any atom is -0.480 e. The second-order valence-corrected chi connectivity index (χ2v) is 5.81. The maximum atomic E-state index is 11.8. The molecule has 1 fully saturated rings. The summed E-state index contributed by atoms with van der Waals surface area (Å²) in [6.07, 6.45) is -5.03. The normalized spacial score (nSPS) is 22.0. The average molecular weight is 438 g/mol. The fourth-order valence-electron chi connectivity index (χ4n) is 2.04. The van der Waals surface area contributed by atoms with Crippen LogP contribution in [-0.4, -0.2) is 118 Å². The van der Waals surface area contributed by atoms with E-state index in [0.717, 1.165) is 9.80 Å². The highest BCUT2D eigenvalue weighted by atomic mass is 17.2. The summed E-state index contributed by atoms with van der Waals surface area (Å²) in [5.74, 6) is -8.61. The number of hydrogen-bond donors (Lipinski definition) is 4. The smallest absolute Gasteiger partial charge is 0.387 e. The maximum absolute atomic E-state index is 11.8. The molecule has 2 atom stereocenters. The Kier molecular flexibility index (Phi) is 9.56. The van der Waals surface area contributed by atoms with Crippen LogP contribution in [0.2, 0.25) is 0 Å². The molecular weight excluding hydrogens is 420 g/mol. The summed E-state index contributed by atoms with van der Waals surface area (Å²) < 4.78 is 0. The van der Waals surface area contributed by atoms with Gasteiger partial charge in [0, 0.05) is 13.1 Å². The van der Waals surface area contributed by atoms with Gasteiger partial charge in [-0.15, -0.1) is 0 Å². The molecule has 16 nitrogen and oxygen atoms in total. The highest BCUT2D eigenvalue weighted by Crippen LogP contribution is 2.04. The van der Waals surface area contributed by atoms with Crippen LogP contribution >= 0.6 is 0 Å². The third-order valence-corrected chi connectivity index (χ3v) is 3.37. The van der Waals surface area contributed by atoms with Crippen LogP contribution in [0.25, 0.3) is 0 Å². The first-order valence-corrected chi connectivity index (χ1v) is 8.06. The Morgan fingerprint density at radius 1 is 0.833 bits per heavy atom. The van der Waals surface area contributed by atoms with Crippen molar-refractivity contribution in [2.75, 3.05) is 39.3 Å². The number of aliphatic carboxylic acids is 2. The SMILES string of the molecule is O=C(O)CN(CCN1CC(=O)OOC(=O)C(O)C(O)C(=O)OOC(=O)C1)CC(=O)O. The Bertz CT molecular complexity index is 640. The van der Waals surface area contributed by atoms with E-state index in [9.17, 15) is 39.0 Å². The zero-order valence-electron chi connectivity index (χ0n) is 15.2. The molecule has 0 spiro atoms. The quantitative estimate of drug-likeness (QED) is 0.274. The van der Waals surface area contributed by atoms with Crippen molar-refractivity contribution in [1.82, 2.24) is 9.80 Å². The van der Waals surface area contributed by atoms with Crippen LogP contribution in [0, 0.1) is 0 Å². The first-order valence-electron chi connectivity index (χ1n) is 8.06. The number of carbonyl (C=O) groups is 6. The lowest BCUT2D eigenvalue weighted by Gasteiger charge is -2.23. The van der Waals surface area contributed by atoms with Gasteiger partial charge in [0.2, 0.25) is 0 Å². The molecule has 1 rings (SSSR count). The van der Waals surface area contributed by atoms with Gasteiger partial charge in [-0.25, -0.2) is 38.7 Å². The van der Waals surface area contributed by atoms with Gasteiger partial charge in [0.1, 0.15) is 13.1 Å². The number of nitrogens with zero attached hydrogens (tertiary/aromatic N) is 2. The van der Waals surface area contributed by atoms with Crippen molar-refractivity contribution < 1.29 is 68.7 Å². The van der Waals surface area contributed by atoms with Crippen LogP contribution in [0.1, 0.15) is 0 Å². The van der Waals surface area contributed by atoms with Gasteiger partial charge in [-0.2, -0.15) is 0 Å². The van der Waals surface area contributed by atoms with Gasteiger partial charge >= 0.3 is 35.8 Å². The van der Waals surface area contributed by atoms with Crippen molar-refractivity contribution in [2.24, 2.45) is 0 Å². The Hall–Kier alpha value is -3.34. The first-order chi connectivity index (χ1) is 14.0. The van der Waals surface area contributed by atoms with Crippen LogP contribution in [0.15, 0.2) is 0 Å². The fraction of sp³-hybridized carbons (Fsp3) is 0.571. The highest BCUT2D eigenvalue weighted by Gasteiger charge is 2.36. The summed E-state index contributed by atoms with van der Waals surface area (Å²) in [5, 5.41) is 36.4. The highest BCUT2D eigenvalue weighted by molar-refractivity contribution is 5.86. The summed E-state index contributed by atoms with van der Waals surface area (Å²) in [5.41, 5.74) is 0. The maximum Gasteiger partial charge on any atom is 0.387 e. The van der Waals surface area contributed by atoms with E-state index < -0.39 is 74.2 Å². The van der Waals surface area contributed by atoms with Crippen LogP contribution in [0.3, 0.4) is 0 Å². The summed E-state index contributed by atoms with van der Waals surface area (Å²) >= 11 is 0. The largest absolute Gasteiger partial charge is 0.480 e. The van der Waals surface area contributed by atoms with Crippen LogP contribution in [0.4, 0.5) is 0 Å². The molecule has 16 heteroatoms. The Morgan fingerprint density at radius 2 is 1.23 bits per heavy atom. The van der Waals surface area contributed by atoms with Gasteiger partial charge in [-0.3, -0.25) is 19.4 Å². The molecule has 4 N–H and O–H groups in total. The third-order valence-electron chi connectivity index (χ3n) is 3.37. The molecular formula is C14H18N2O14. The predicted octanol–water partition coefficient (Wildman–Crippen LogP) is -4.50. The molecule has 1 aliphatic rings.